The first kappa shape index (κ1) is 15.5. The third kappa shape index (κ3) is 4.55. The van der Waals surface area contributed by atoms with Crippen LogP contribution in [0.3, 0.4) is 0 Å². The minimum Gasteiger partial charge on any atom is -0.325 e. The Labute approximate surface area is 126 Å². The highest BCUT2D eigenvalue weighted by molar-refractivity contribution is 5.92. The van der Waals surface area contributed by atoms with Crippen LogP contribution in [0, 0.1) is 11.3 Å². The van der Waals surface area contributed by atoms with Gasteiger partial charge in [0.25, 0.3) is 0 Å². The van der Waals surface area contributed by atoms with Crippen molar-refractivity contribution in [1.82, 2.24) is 9.80 Å². The van der Waals surface area contributed by atoms with Crippen LogP contribution in [0.5, 0.6) is 0 Å². The van der Waals surface area contributed by atoms with Gasteiger partial charge < -0.3 is 5.32 Å². The Morgan fingerprint density at radius 3 is 2.67 bits per heavy atom. The molecule has 1 aliphatic heterocycles. The maximum absolute atomic E-state index is 12.0. The van der Waals surface area contributed by atoms with Gasteiger partial charge in [-0.2, -0.15) is 5.26 Å². The number of benzene rings is 1. The molecule has 0 aromatic heterocycles. The van der Waals surface area contributed by atoms with Crippen molar-refractivity contribution in [2.75, 3.05) is 38.0 Å². The summed E-state index contributed by atoms with van der Waals surface area (Å²) in [5.74, 6) is -0.0249. The van der Waals surface area contributed by atoms with Gasteiger partial charge in [0, 0.05) is 37.9 Å². The van der Waals surface area contributed by atoms with Gasteiger partial charge in [-0.3, -0.25) is 14.6 Å². The van der Waals surface area contributed by atoms with Crippen molar-refractivity contribution in [3.05, 3.63) is 29.8 Å². The van der Waals surface area contributed by atoms with Crippen LogP contribution in [0.25, 0.3) is 0 Å². The fourth-order valence-electron chi connectivity index (χ4n) is 2.51. The smallest absolute Gasteiger partial charge is 0.238 e. The molecule has 0 aliphatic carbocycles. The standard InChI is InChI=1S/C16H22N4O/c1-13(2)20-8-6-19(7-9-20)12-16(21)18-15-5-3-4-14(10-15)11-17/h3-5,10,13H,6-9,12H2,1-2H3,(H,18,21). The van der Waals surface area contributed by atoms with Crippen molar-refractivity contribution in [2.45, 2.75) is 19.9 Å². The second-order valence-corrected chi connectivity index (χ2v) is 5.65. The van der Waals surface area contributed by atoms with Crippen molar-refractivity contribution >= 4 is 11.6 Å². The van der Waals surface area contributed by atoms with Crippen LogP contribution in [0.2, 0.25) is 0 Å². The SMILES string of the molecule is CC(C)N1CCN(CC(=O)Nc2cccc(C#N)c2)CC1. The maximum atomic E-state index is 12.0. The second-order valence-electron chi connectivity index (χ2n) is 5.65. The third-order valence-electron chi connectivity index (χ3n) is 3.78. The highest BCUT2D eigenvalue weighted by Gasteiger charge is 2.20. The average Bonchev–Trinajstić information content (AvgIpc) is 2.47. The molecular weight excluding hydrogens is 264 g/mol. The van der Waals surface area contributed by atoms with Gasteiger partial charge >= 0.3 is 0 Å². The van der Waals surface area contributed by atoms with Crippen LogP contribution in [0.1, 0.15) is 19.4 Å². The lowest BCUT2D eigenvalue weighted by Gasteiger charge is -2.36. The topological polar surface area (TPSA) is 59.4 Å². The zero-order chi connectivity index (χ0) is 15.2. The summed E-state index contributed by atoms with van der Waals surface area (Å²) in [6.07, 6.45) is 0. The average molecular weight is 286 g/mol. The number of carbonyl (C=O) groups excluding carboxylic acids is 1. The van der Waals surface area contributed by atoms with Gasteiger partial charge in [0.05, 0.1) is 18.2 Å². The summed E-state index contributed by atoms with van der Waals surface area (Å²) >= 11 is 0. The molecule has 1 amide bonds. The molecule has 1 N–H and O–H groups in total. The predicted molar refractivity (Wildman–Crippen MR) is 82.9 cm³/mol. The fourth-order valence-corrected chi connectivity index (χ4v) is 2.51. The predicted octanol–water partition coefficient (Wildman–Crippen LogP) is 1.52. The van der Waals surface area contributed by atoms with Crippen LogP contribution in [-0.4, -0.2) is 54.5 Å². The lowest BCUT2D eigenvalue weighted by atomic mass is 10.2. The Bertz CT molecular complexity index is 527. The fraction of sp³-hybridized carbons (Fsp3) is 0.500. The van der Waals surface area contributed by atoms with Crippen LogP contribution in [0.15, 0.2) is 24.3 Å². The lowest BCUT2D eigenvalue weighted by Crippen LogP contribution is -2.50. The van der Waals surface area contributed by atoms with Gasteiger partial charge in [0.2, 0.25) is 5.91 Å². The van der Waals surface area contributed by atoms with Crippen LogP contribution >= 0.6 is 0 Å². The summed E-state index contributed by atoms with van der Waals surface area (Å²) < 4.78 is 0. The van der Waals surface area contributed by atoms with E-state index in [0.717, 1.165) is 26.2 Å². The Kier molecular flexibility index (Phi) is 5.32. The largest absolute Gasteiger partial charge is 0.325 e. The van der Waals surface area contributed by atoms with E-state index in [4.69, 9.17) is 5.26 Å². The molecule has 1 aliphatic rings. The van der Waals surface area contributed by atoms with E-state index in [1.807, 2.05) is 0 Å². The number of rotatable bonds is 4. The van der Waals surface area contributed by atoms with Crippen LogP contribution in [-0.2, 0) is 4.79 Å². The van der Waals surface area contributed by atoms with Gasteiger partial charge in [-0.25, -0.2) is 0 Å². The van der Waals surface area contributed by atoms with Gasteiger partial charge in [-0.15, -0.1) is 0 Å². The van der Waals surface area contributed by atoms with Gasteiger partial charge in [-0.1, -0.05) is 6.07 Å². The number of nitrogens with zero attached hydrogens (tertiary/aromatic N) is 3. The minimum atomic E-state index is -0.0249. The number of amides is 1. The summed E-state index contributed by atoms with van der Waals surface area (Å²) in [6.45, 7) is 8.66. The molecule has 0 atom stereocenters. The summed E-state index contributed by atoms with van der Waals surface area (Å²) in [6, 6.07) is 9.62. The molecule has 1 fully saturated rings. The highest BCUT2D eigenvalue weighted by atomic mass is 16.2. The Morgan fingerprint density at radius 1 is 1.33 bits per heavy atom. The van der Waals surface area contributed by atoms with E-state index in [0.29, 0.717) is 23.8 Å². The summed E-state index contributed by atoms with van der Waals surface area (Å²) in [5.41, 5.74) is 1.23. The first-order valence-electron chi connectivity index (χ1n) is 7.35. The summed E-state index contributed by atoms with van der Waals surface area (Å²) in [4.78, 5) is 16.6. The van der Waals surface area contributed by atoms with Crippen molar-refractivity contribution in [2.24, 2.45) is 0 Å². The van der Waals surface area contributed by atoms with Crippen LogP contribution in [0.4, 0.5) is 5.69 Å². The number of hydrogen-bond acceptors (Lipinski definition) is 4. The molecule has 0 radical (unpaired) electrons. The van der Waals surface area contributed by atoms with Crippen molar-refractivity contribution in [1.29, 1.82) is 5.26 Å². The number of nitrogens with one attached hydrogen (secondary N) is 1. The van der Waals surface area contributed by atoms with Crippen molar-refractivity contribution in [3.8, 4) is 6.07 Å². The first-order chi connectivity index (χ1) is 10.1. The molecule has 1 heterocycles. The van der Waals surface area contributed by atoms with Crippen molar-refractivity contribution in [3.63, 3.8) is 0 Å². The van der Waals surface area contributed by atoms with E-state index >= 15 is 0 Å². The minimum absolute atomic E-state index is 0.0249. The van der Waals surface area contributed by atoms with Crippen LogP contribution < -0.4 is 5.32 Å². The first-order valence-corrected chi connectivity index (χ1v) is 7.35. The molecule has 1 aromatic rings. The molecule has 2 rings (SSSR count). The van der Waals surface area contributed by atoms with Gasteiger partial charge in [0.1, 0.15) is 0 Å². The Hall–Kier alpha value is -1.90. The summed E-state index contributed by atoms with van der Waals surface area (Å²) in [5, 5.41) is 11.7. The van der Waals surface area contributed by atoms with Crippen molar-refractivity contribution < 1.29 is 4.79 Å². The maximum Gasteiger partial charge on any atom is 0.238 e. The molecule has 0 saturated carbocycles. The Balaban J connectivity index is 1.81. The molecular formula is C16H22N4O. The normalized spacial score (nSPS) is 16.7. The van der Waals surface area contributed by atoms with E-state index in [-0.39, 0.29) is 5.91 Å². The second kappa shape index (κ2) is 7.21. The third-order valence-corrected chi connectivity index (χ3v) is 3.78. The quantitative estimate of drug-likeness (QED) is 0.912. The number of hydrogen-bond donors (Lipinski definition) is 1. The molecule has 21 heavy (non-hydrogen) atoms. The Morgan fingerprint density at radius 2 is 2.05 bits per heavy atom. The molecule has 1 saturated heterocycles. The molecule has 112 valence electrons. The van der Waals surface area contributed by atoms with E-state index in [1.54, 1.807) is 24.3 Å². The number of anilines is 1. The highest BCUT2D eigenvalue weighted by Crippen LogP contribution is 2.10. The van der Waals surface area contributed by atoms with E-state index < -0.39 is 0 Å². The van der Waals surface area contributed by atoms with E-state index in [9.17, 15) is 4.79 Å². The van der Waals surface area contributed by atoms with Gasteiger partial charge in [-0.05, 0) is 32.0 Å². The van der Waals surface area contributed by atoms with E-state index in [1.165, 1.54) is 0 Å². The molecule has 0 unspecified atom stereocenters. The van der Waals surface area contributed by atoms with E-state index in [2.05, 4.69) is 35.0 Å². The zero-order valence-corrected chi connectivity index (χ0v) is 12.7. The number of nitriles is 1. The zero-order valence-electron chi connectivity index (χ0n) is 12.7. The molecule has 0 bridgehead atoms. The summed E-state index contributed by atoms with van der Waals surface area (Å²) in [7, 11) is 0. The molecule has 1 aromatic carbocycles. The molecule has 0 spiro atoms. The lowest BCUT2D eigenvalue weighted by molar-refractivity contribution is -0.117. The monoisotopic (exact) mass is 286 g/mol. The molecule has 5 heteroatoms. The number of carbonyl (C=O) groups is 1. The van der Waals surface area contributed by atoms with Gasteiger partial charge in [0.15, 0.2) is 0 Å². The molecule has 5 nitrogen and oxygen atoms in total. The number of piperazine rings is 1.